The summed E-state index contributed by atoms with van der Waals surface area (Å²) in [6, 6.07) is 5.39. The number of nitrogens with two attached hydrogens (primary N) is 1. The lowest BCUT2D eigenvalue weighted by Gasteiger charge is -2.14. The molecule has 0 saturated heterocycles. The Morgan fingerprint density at radius 3 is 2.26 bits per heavy atom. The molecule has 4 N–H and O–H groups in total. The number of ether oxygens (including phenoxy) is 1. The molecule has 0 saturated carbocycles. The highest BCUT2D eigenvalue weighted by atomic mass is 19.4. The van der Waals surface area contributed by atoms with E-state index < -0.39 is 6.36 Å². The third-order valence-corrected chi connectivity index (χ3v) is 2.66. The van der Waals surface area contributed by atoms with E-state index in [1.807, 2.05) is 13.8 Å². The van der Waals surface area contributed by atoms with Gasteiger partial charge in [0.1, 0.15) is 17.8 Å². The van der Waals surface area contributed by atoms with E-state index in [2.05, 4.69) is 25.3 Å². The average Bonchev–Trinajstić information content (AvgIpc) is 2.43. The number of halogens is 3. The van der Waals surface area contributed by atoms with Crippen molar-refractivity contribution in [3.8, 4) is 5.75 Å². The molecule has 2 aromatic rings. The summed E-state index contributed by atoms with van der Waals surface area (Å²) in [5.41, 5.74) is 6.80. The van der Waals surface area contributed by atoms with Crippen LogP contribution in [-0.2, 0) is 0 Å². The molecule has 9 heteroatoms. The molecule has 6 nitrogen and oxygen atoms in total. The lowest BCUT2D eigenvalue weighted by atomic mass is 10.3. The molecule has 2 rings (SSSR count). The number of hydrogen-bond donors (Lipinski definition) is 3. The van der Waals surface area contributed by atoms with Gasteiger partial charge in [-0.1, -0.05) is 0 Å². The fraction of sp³-hybridized carbons (Fsp3) is 0.286. The SMILES string of the molecule is CC(C)Nc1ncnc(Nc2ccc(OC(F)(F)F)cc2)c1N. The summed E-state index contributed by atoms with van der Waals surface area (Å²) in [4.78, 5) is 8.07. The predicted octanol–water partition coefficient (Wildman–Crippen LogP) is 3.52. The molecule has 0 unspecified atom stereocenters. The zero-order valence-corrected chi connectivity index (χ0v) is 12.5. The van der Waals surface area contributed by atoms with Gasteiger partial charge in [-0.2, -0.15) is 0 Å². The van der Waals surface area contributed by atoms with Crippen LogP contribution in [0.3, 0.4) is 0 Å². The number of nitrogens with zero attached hydrogens (tertiary/aromatic N) is 2. The summed E-state index contributed by atoms with van der Waals surface area (Å²) in [5, 5.41) is 6.00. The molecular weight excluding hydrogens is 311 g/mol. The molecule has 0 atom stereocenters. The zero-order valence-electron chi connectivity index (χ0n) is 12.5. The van der Waals surface area contributed by atoms with Crippen molar-refractivity contribution in [2.75, 3.05) is 16.4 Å². The van der Waals surface area contributed by atoms with Crippen LogP contribution >= 0.6 is 0 Å². The van der Waals surface area contributed by atoms with Crippen LogP contribution in [0.5, 0.6) is 5.75 Å². The molecule has 0 spiro atoms. The van der Waals surface area contributed by atoms with Crippen LogP contribution < -0.4 is 21.1 Å². The Balaban J connectivity index is 2.13. The lowest BCUT2D eigenvalue weighted by molar-refractivity contribution is -0.274. The smallest absolute Gasteiger partial charge is 0.406 e. The third kappa shape index (κ3) is 4.90. The Kier molecular flexibility index (Phi) is 4.77. The fourth-order valence-corrected chi connectivity index (χ4v) is 1.76. The molecule has 0 aliphatic rings. The second kappa shape index (κ2) is 6.59. The standard InChI is InChI=1S/C14H16F3N5O/c1-8(2)21-12-11(18)13(20-7-19-12)22-9-3-5-10(6-4-9)23-14(15,16)17/h3-8H,18H2,1-2H3,(H2,19,20,21,22). The lowest BCUT2D eigenvalue weighted by Crippen LogP contribution is -2.17. The Hall–Kier alpha value is -2.71. The molecule has 0 aliphatic carbocycles. The van der Waals surface area contributed by atoms with Gasteiger partial charge in [0.05, 0.1) is 0 Å². The van der Waals surface area contributed by atoms with Crippen molar-refractivity contribution in [1.29, 1.82) is 0 Å². The van der Waals surface area contributed by atoms with Crippen LogP contribution in [0.1, 0.15) is 13.8 Å². The number of aromatic nitrogens is 2. The Bertz CT molecular complexity index is 658. The third-order valence-electron chi connectivity index (χ3n) is 2.66. The maximum atomic E-state index is 12.1. The zero-order chi connectivity index (χ0) is 17.0. The number of alkyl halides is 3. The largest absolute Gasteiger partial charge is 0.573 e. The molecule has 0 aliphatic heterocycles. The first-order valence-electron chi connectivity index (χ1n) is 6.74. The number of benzene rings is 1. The van der Waals surface area contributed by atoms with E-state index >= 15 is 0 Å². The van der Waals surface area contributed by atoms with E-state index in [1.54, 1.807) is 0 Å². The summed E-state index contributed by atoms with van der Waals surface area (Å²) >= 11 is 0. The molecular formula is C14H16F3N5O. The molecule has 0 amide bonds. The summed E-state index contributed by atoms with van der Waals surface area (Å²) in [5.74, 6) is 0.531. The van der Waals surface area contributed by atoms with Gasteiger partial charge in [0.15, 0.2) is 11.6 Å². The summed E-state index contributed by atoms with van der Waals surface area (Å²) in [6.45, 7) is 3.88. The molecule has 0 fully saturated rings. The van der Waals surface area contributed by atoms with E-state index in [0.29, 0.717) is 23.0 Å². The molecule has 0 radical (unpaired) electrons. The van der Waals surface area contributed by atoms with Crippen LogP contribution in [0.4, 0.5) is 36.2 Å². The van der Waals surface area contributed by atoms with Crippen molar-refractivity contribution in [3.05, 3.63) is 30.6 Å². The summed E-state index contributed by atoms with van der Waals surface area (Å²) in [6.07, 6.45) is -3.38. The molecule has 124 valence electrons. The van der Waals surface area contributed by atoms with Crippen LogP contribution in [0.2, 0.25) is 0 Å². The van der Waals surface area contributed by atoms with Crippen molar-refractivity contribution in [2.45, 2.75) is 26.3 Å². The Morgan fingerprint density at radius 2 is 1.70 bits per heavy atom. The first kappa shape index (κ1) is 16.7. The van der Waals surface area contributed by atoms with Gasteiger partial charge in [0.25, 0.3) is 0 Å². The van der Waals surface area contributed by atoms with Gasteiger partial charge in [0, 0.05) is 11.7 Å². The summed E-state index contributed by atoms with van der Waals surface area (Å²) < 4.78 is 40.1. The van der Waals surface area contributed by atoms with Crippen LogP contribution in [0.25, 0.3) is 0 Å². The van der Waals surface area contributed by atoms with Crippen LogP contribution in [-0.4, -0.2) is 22.4 Å². The van der Waals surface area contributed by atoms with Crippen LogP contribution in [0.15, 0.2) is 30.6 Å². The first-order valence-corrected chi connectivity index (χ1v) is 6.74. The number of rotatable bonds is 5. The van der Waals surface area contributed by atoms with Gasteiger partial charge in [-0.25, -0.2) is 9.97 Å². The first-order chi connectivity index (χ1) is 10.7. The molecule has 0 bridgehead atoms. The van der Waals surface area contributed by atoms with Crippen molar-refractivity contribution < 1.29 is 17.9 Å². The fourth-order valence-electron chi connectivity index (χ4n) is 1.76. The van der Waals surface area contributed by atoms with Gasteiger partial charge >= 0.3 is 6.36 Å². The van der Waals surface area contributed by atoms with E-state index in [4.69, 9.17) is 5.73 Å². The van der Waals surface area contributed by atoms with E-state index in [-0.39, 0.29) is 11.8 Å². The highest BCUT2D eigenvalue weighted by Crippen LogP contribution is 2.28. The average molecular weight is 327 g/mol. The minimum atomic E-state index is -4.72. The topological polar surface area (TPSA) is 85.1 Å². The van der Waals surface area contributed by atoms with E-state index in [0.717, 1.165) is 0 Å². The summed E-state index contributed by atoms with van der Waals surface area (Å²) in [7, 11) is 0. The van der Waals surface area contributed by atoms with Gasteiger partial charge in [-0.05, 0) is 38.1 Å². The Morgan fingerprint density at radius 1 is 1.09 bits per heavy atom. The Labute approximate surface area is 130 Å². The quantitative estimate of drug-likeness (QED) is 0.779. The van der Waals surface area contributed by atoms with Gasteiger partial charge in [-0.3, -0.25) is 0 Å². The van der Waals surface area contributed by atoms with Gasteiger partial charge in [-0.15, -0.1) is 13.2 Å². The maximum absolute atomic E-state index is 12.1. The normalized spacial score (nSPS) is 11.4. The minimum absolute atomic E-state index is 0.138. The molecule has 1 aromatic carbocycles. The second-order valence-corrected chi connectivity index (χ2v) is 4.98. The highest BCUT2D eigenvalue weighted by molar-refractivity contribution is 5.77. The minimum Gasteiger partial charge on any atom is -0.406 e. The van der Waals surface area contributed by atoms with Gasteiger partial charge < -0.3 is 21.1 Å². The molecule has 23 heavy (non-hydrogen) atoms. The second-order valence-electron chi connectivity index (χ2n) is 4.98. The number of nitrogens with one attached hydrogen (secondary N) is 2. The molecule has 1 aromatic heterocycles. The maximum Gasteiger partial charge on any atom is 0.573 e. The number of nitrogen functional groups attached to an aromatic ring is 1. The monoisotopic (exact) mass is 327 g/mol. The van der Waals surface area contributed by atoms with E-state index in [9.17, 15) is 13.2 Å². The number of anilines is 4. The van der Waals surface area contributed by atoms with Crippen molar-refractivity contribution >= 4 is 23.0 Å². The van der Waals surface area contributed by atoms with E-state index in [1.165, 1.54) is 30.6 Å². The predicted molar refractivity (Wildman–Crippen MR) is 81.6 cm³/mol. The number of hydrogen-bond acceptors (Lipinski definition) is 6. The van der Waals surface area contributed by atoms with Crippen molar-refractivity contribution in [3.63, 3.8) is 0 Å². The van der Waals surface area contributed by atoms with Crippen molar-refractivity contribution in [1.82, 2.24) is 9.97 Å². The van der Waals surface area contributed by atoms with Crippen molar-refractivity contribution in [2.24, 2.45) is 0 Å². The van der Waals surface area contributed by atoms with Crippen LogP contribution in [0, 0.1) is 0 Å². The molecule has 1 heterocycles. The highest BCUT2D eigenvalue weighted by Gasteiger charge is 2.30. The van der Waals surface area contributed by atoms with Gasteiger partial charge in [0.2, 0.25) is 0 Å².